The number of para-hydroxylation sites is 2. The predicted octanol–water partition coefficient (Wildman–Crippen LogP) is 4.27. The highest BCUT2D eigenvalue weighted by Gasteiger charge is 2.52. The summed E-state index contributed by atoms with van der Waals surface area (Å²) in [6.45, 7) is 0. The number of ether oxygens (including phenoxy) is 2. The van der Waals surface area contributed by atoms with Gasteiger partial charge in [-0.25, -0.2) is 4.90 Å². The zero-order valence-corrected chi connectivity index (χ0v) is 20.0. The molecule has 8 heteroatoms. The summed E-state index contributed by atoms with van der Waals surface area (Å²) in [5.74, 6) is -0.786. The summed E-state index contributed by atoms with van der Waals surface area (Å²) in [7, 11) is 1.58. The number of imide groups is 1. The van der Waals surface area contributed by atoms with E-state index in [0.717, 1.165) is 5.56 Å². The first-order valence-electron chi connectivity index (χ1n) is 9.97. The van der Waals surface area contributed by atoms with Crippen LogP contribution in [0.1, 0.15) is 18.4 Å². The Labute approximate surface area is 197 Å². The van der Waals surface area contributed by atoms with Gasteiger partial charge in [0.2, 0.25) is 11.8 Å². The van der Waals surface area contributed by atoms with Gasteiger partial charge >= 0.3 is 5.97 Å². The van der Waals surface area contributed by atoms with Crippen molar-refractivity contribution in [2.75, 3.05) is 12.0 Å². The fraction of sp³-hybridized carbons (Fsp3) is 0.348. The van der Waals surface area contributed by atoms with Gasteiger partial charge in [0.05, 0.1) is 31.1 Å². The van der Waals surface area contributed by atoms with Crippen LogP contribution in [-0.2, 0) is 20.8 Å². The third kappa shape index (κ3) is 4.41. The topological polar surface area (TPSA) is 72.9 Å². The van der Waals surface area contributed by atoms with Gasteiger partial charge < -0.3 is 9.47 Å². The van der Waals surface area contributed by atoms with E-state index in [1.807, 2.05) is 0 Å². The number of methoxy groups -OCH3 is 1. The molecular formula is C23H21Br2NO5. The first-order chi connectivity index (χ1) is 14.9. The van der Waals surface area contributed by atoms with Crippen molar-refractivity contribution in [1.82, 2.24) is 0 Å². The maximum absolute atomic E-state index is 13.1. The first kappa shape index (κ1) is 22.0. The van der Waals surface area contributed by atoms with E-state index in [1.165, 1.54) is 4.90 Å². The lowest BCUT2D eigenvalue weighted by atomic mass is 9.81. The highest BCUT2D eigenvalue weighted by Crippen LogP contribution is 2.45. The van der Waals surface area contributed by atoms with Gasteiger partial charge in [-0.05, 0) is 42.7 Å². The number of fused-ring (bicyclic) bond motifs is 1. The predicted molar refractivity (Wildman–Crippen MR) is 123 cm³/mol. The average Bonchev–Trinajstić information content (AvgIpc) is 2.99. The van der Waals surface area contributed by atoms with Crippen LogP contribution in [0.5, 0.6) is 11.5 Å². The number of nitrogens with zero attached hydrogens (tertiary/aromatic N) is 1. The fourth-order valence-electron chi connectivity index (χ4n) is 4.13. The molecule has 1 heterocycles. The monoisotopic (exact) mass is 549 g/mol. The van der Waals surface area contributed by atoms with Crippen LogP contribution in [0.2, 0.25) is 0 Å². The molecule has 1 aliphatic carbocycles. The number of hydrogen-bond donors (Lipinski definition) is 0. The molecule has 1 saturated carbocycles. The van der Waals surface area contributed by atoms with E-state index in [2.05, 4.69) is 31.9 Å². The SMILES string of the molecule is COc1ccc(CC(=O)Oc2ccccc2N2C(=O)C3CC(Br)C(Br)CC3C2=O)cc1. The van der Waals surface area contributed by atoms with Gasteiger partial charge in [0.15, 0.2) is 5.75 Å². The molecule has 162 valence electrons. The lowest BCUT2D eigenvalue weighted by Crippen LogP contribution is -2.34. The number of carbonyl (C=O) groups is 3. The van der Waals surface area contributed by atoms with Crippen LogP contribution in [0.4, 0.5) is 5.69 Å². The van der Waals surface area contributed by atoms with Crippen molar-refractivity contribution >= 4 is 55.3 Å². The molecule has 0 aromatic heterocycles. The Bertz CT molecular complexity index is 981. The van der Waals surface area contributed by atoms with Crippen molar-refractivity contribution in [3.05, 3.63) is 54.1 Å². The van der Waals surface area contributed by atoms with Crippen molar-refractivity contribution in [3.8, 4) is 11.5 Å². The van der Waals surface area contributed by atoms with Gasteiger partial charge in [-0.1, -0.05) is 56.1 Å². The van der Waals surface area contributed by atoms with E-state index in [4.69, 9.17) is 9.47 Å². The molecule has 4 atom stereocenters. The number of anilines is 1. The van der Waals surface area contributed by atoms with E-state index in [-0.39, 0.29) is 45.5 Å². The van der Waals surface area contributed by atoms with Crippen LogP contribution in [0.3, 0.4) is 0 Å². The minimum Gasteiger partial charge on any atom is -0.497 e. The third-order valence-electron chi connectivity index (χ3n) is 5.75. The standard InChI is InChI=1S/C23H21Br2NO5/c1-30-14-8-6-13(7-9-14)10-21(27)31-20-5-3-2-4-19(20)26-22(28)15-11-17(24)18(25)12-16(15)23(26)29/h2-9,15-18H,10-12H2,1H3. The van der Waals surface area contributed by atoms with Crippen LogP contribution in [-0.4, -0.2) is 34.5 Å². The molecule has 6 nitrogen and oxygen atoms in total. The molecule has 2 aromatic rings. The number of esters is 1. The molecular weight excluding hydrogens is 530 g/mol. The van der Waals surface area contributed by atoms with Crippen LogP contribution >= 0.6 is 31.9 Å². The van der Waals surface area contributed by atoms with E-state index < -0.39 is 5.97 Å². The quantitative estimate of drug-likeness (QED) is 0.240. The summed E-state index contributed by atoms with van der Waals surface area (Å²) in [5, 5.41) is 0. The van der Waals surface area contributed by atoms with Gasteiger partial charge in [0.25, 0.3) is 0 Å². The molecule has 2 amide bonds. The van der Waals surface area contributed by atoms with Crippen LogP contribution in [0.15, 0.2) is 48.5 Å². The second-order valence-electron chi connectivity index (χ2n) is 7.69. The molecule has 0 bridgehead atoms. The second kappa shape index (κ2) is 9.12. The Morgan fingerprint density at radius 2 is 1.55 bits per heavy atom. The van der Waals surface area contributed by atoms with Crippen molar-refractivity contribution in [2.45, 2.75) is 28.9 Å². The van der Waals surface area contributed by atoms with Gasteiger partial charge in [0.1, 0.15) is 5.75 Å². The minimum atomic E-state index is -0.477. The number of carbonyl (C=O) groups excluding carboxylic acids is 3. The highest BCUT2D eigenvalue weighted by molar-refractivity contribution is 9.12. The third-order valence-corrected chi connectivity index (χ3v) is 8.48. The second-order valence-corrected chi connectivity index (χ2v) is 10.0. The Morgan fingerprint density at radius 3 is 2.13 bits per heavy atom. The summed E-state index contributed by atoms with van der Waals surface area (Å²) in [6, 6.07) is 13.8. The van der Waals surface area contributed by atoms with Gasteiger partial charge in [-0.2, -0.15) is 0 Å². The van der Waals surface area contributed by atoms with E-state index in [1.54, 1.807) is 55.6 Å². The number of benzene rings is 2. The largest absolute Gasteiger partial charge is 0.497 e. The van der Waals surface area contributed by atoms with Gasteiger partial charge in [-0.15, -0.1) is 0 Å². The van der Waals surface area contributed by atoms with Gasteiger partial charge in [0, 0.05) is 9.65 Å². The molecule has 0 N–H and O–H groups in total. The van der Waals surface area contributed by atoms with E-state index in [0.29, 0.717) is 24.3 Å². The smallest absolute Gasteiger partial charge is 0.315 e. The normalized spacial score (nSPS) is 25.3. The number of amides is 2. The van der Waals surface area contributed by atoms with Crippen molar-refractivity contribution in [2.24, 2.45) is 11.8 Å². The molecule has 2 aliphatic rings. The van der Waals surface area contributed by atoms with E-state index in [9.17, 15) is 14.4 Å². The molecule has 1 aliphatic heterocycles. The summed E-state index contributed by atoms with van der Waals surface area (Å²) < 4.78 is 10.7. The lowest BCUT2D eigenvalue weighted by molar-refractivity contribution is -0.133. The molecule has 0 spiro atoms. The first-order valence-corrected chi connectivity index (χ1v) is 11.8. The average molecular weight is 551 g/mol. The maximum atomic E-state index is 13.1. The Kier molecular flexibility index (Phi) is 6.48. The van der Waals surface area contributed by atoms with Gasteiger partial charge in [-0.3, -0.25) is 14.4 Å². The van der Waals surface area contributed by atoms with Crippen molar-refractivity contribution in [3.63, 3.8) is 0 Å². The maximum Gasteiger partial charge on any atom is 0.315 e. The zero-order valence-electron chi connectivity index (χ0n) is 16.8. The number of halogens is 2. The molecule has 0 radical (unpaired) electrons. The highest BCUT2D eigenvalue weighted by atomic mass is 79.9. The summed E-state index contributed by atoms with van der Waals surface area (Å²) in [6.07, 6.45) is 1.23. The Hall–Kier alpha value is -2.19. The Balaban J connectivity index is 1.53. The summed E-state index contributed by atoms with van der Waals surface area (Å²) >= 11 is 7.19. The molecule has 1 saturated heterocycles. The molecule has 4 unspecified atom stereocenters. The fourth-order valence-corrected chi connectivity index (χ4v) is 5.37. The van der Waals surface area contributed by atoms with Crippen LogP contribution < -0.4 is 14.4 Å². The van der Waals surface area contributed by atoms with Crippen molar-refractivity contribution < 1.29 is 23.9 Å². The van der Waals surface area contributed by atoms with Crippen molar-refractivity contribution in [1.29, 1.82) is 0 Å². The molecule has 2 aromatic carbocycles. The zero-order chi connectivity index (χ0) is 22.1. The minimum absolute atomic E-state index is 0.0575. The number of hydrogen-bond acceptors (Lipinski definition) is 5. The summed E-state index contributed by atoms with van der Waals surface area (Å²) in [4.78, 5) is 40.2. The molecule has 4 rings (SSSR count). The molecule has 2 fully saturated rings. The van der Waals surface area contributed by atoms with Crippen LogP contribution in [0.25, 0.3) is 0 Å². The Morgan fingerprint density at radius 1 is 0.968 bits per heavy atom. The number of rotatable bonds is 5. The van der Waals surface area contributed by atoms with E-state index >= 15 is 0 Å². The number of alkyl halides is 2. The summed E-state index contributed by atoms with van der Waals surface area (Å²) in [5.41, 5.74) is 1.08. The van der Waals surface area contributed by atoms with Crippen LogP contribution in [0, 0.1) is 11.8 Å². The lowest BCUT2D eigenvalue weighted by Gasteiger charge is -2.29. The molecule has 31 heavy (non-hydrogen) atoms.